The van der Waals surface area contributed by atoms with Crippen LogP contribution in [-0.2, 0) is 14.4 Å². The Morgan fingerprint density at radius 2 is 1.88 bits per heavy atom. The first-order chi connectivity index (χ1) is 15.7. The van der Waals surface area contributed by atoms with Crippen LogP contribution in [0.15, 0.2) is 41.5 Å². The molecule has 0 bridgehead atoms. The summed E-state index contributed by atoms with van der Waals surface area (Å²) in [6, 6.07) is 9.98. The zero-order valence-electron chi connectivity index (χ0n) is 18.9. The number of nitrogens with zero attached hydrogens (tertiary/aromatic N) is 1. The van der Waals surface area contributed by atoms with Gasteiger partial charge in [0.25, 0.3) is 5.91 Å². The number of rotatable bonds is 9. The molecule has 0 saturated heterocycles. The molecule has 1 atom stereocenters. The van der Waals surface area contributed by atoms with E-state index in [0.29, 0.717) is 34.2 Å². The van der Waals surface area contributed by atoms with Crippen LogP contribution >= 0.6 is 11.6 Å². The Hall–Kier alpha value is -3.59. The lowest BCUT2D eigenvalue weighted by atomic mass is 10.2. The molecule has 9 nitrogen and oxygen atoms in total. The van der Waals surface area contributed by atoms with Crippen molar-refractivity contribution < 1.29 is 23.9 Å². The van der Waals surface area contributed by atoms with Gasteiger partial charge in [0.1, 0.15) is 0 Å². The van der Waals surface area contributed by atoms with Gasteiger partial charge in [-0.25, -0.2) is 5.43 Å². The van der Waals surface area contributed by atoms with E-state index in [1.807, 2.05) is 19.9 Å². The molecule has 0 heterocycles. The Bertz CT molecular complexity index is 1040. The van der Waals surface area contributed by atoms with Crippen LogP contribution in [0, 0.1) is 6.92 Å². The topological polar surface area (TPSA) is 118 Å². The normalized spacial score (nSPS) is 11.5. The van der Waals surface area contributed by atoms with Gasteiger partial charge in [-0.3, -0.25) is 14.4 Å². The number of hydrogen-bond acceptors (Lipinski definition) is 6. The molecule has 3 N–H and O–H groups in total. The highest BCUT2D eigenvalue weighted by atomic mass is 35.5. The average molecular weight is 475 g/mol. The van der Waals surface area contributed by atoms with E-state index in [1.165, 1.54) is 13.3 Å². The number of hydrogen-bond donors (Lipinski definition) is 3. The summed E-state index contributed by atoms with van der Waals surface area (Å²) in [6.07, 6.45) is 2.06. The van der Waals surface area contributed by atoms with Crippen LogP contribution in [0.25, 0.3) is 0 Å². The highest BCUT2D eigenvalue weighted by Gasteiger charge is 2.14. The molecule has 2 rings (SSSR count). The lowest BCUT2D eigenvalue weighted by Gasteiger charge is -2.12. The van der Waals surface area contributed by atoms with Crippen molar-refractivity contribution in [3.8, 4) is 11.5 Å². The van der Waals surface area contributed by atoms with Crippen molar-refractivity contribution in [2.24, 2.45) is 5.10 Å². The van der Waals surface area contributed by atoms with Gasteiger partial charge in [0.2, 0.25) is 0 Å². The molecule has 0 aliphatic rings. The second-order valence-corrected chi connectivity index (χ2v) is 7.62. The van der Waals surface area contributed by atoms with Crippen LogP contribution in [0.1, 0.15) is 31.4 Å². The van der Waals surface area contributed by atoms with E-state index in [0.717, 1.165) is 5.56 Å². The van der Waals surface area contributed by atoms with Gasteiger partial charge in [0.15, 0.2) is 18.1 Å². The number of aryl methyl sites for hydroxylation is 1. The second-order valence-electron chi connectivity index (χ2n) is 7.19. The molecule has 2 aromatic rings. The zero-order valence-corrected chi connectivity index (χ0v) is 19.7. The summed E-state index contributed by atoms with van der Waals surface area (Å²) in [6.45, 7) is 5.31. The summed E-state index contributed by atoms with van der Waals surface area (Å²) < 4.78 is 10.9. The standard InChI is InChI=1S/C23H27ClN4O5/c1-5-15(3)26-22(30)23(31)28-25-12-16-7-9-19(20(10-16)32-4)33-13-21(29)27-18-11-17(24)8-6-14(18)2/h6-12,15H,5,13H2,1-4H3,(H,26,30)(H,27,29)(H,28,31)/b25-12-/t15-/m0/s1. The van der Waals surface area contributed by atoms with E-state index in [4.69, 9.17) is 21.1 Å². The average Bonchev–Trinajstić information content (AvgIpc) is 2.80. The third kappa shape index (κ3) is 8.12. The molecular formula is C23H27ClN4O5. The monoisotopic (exact) mass is 474 g/mol. The molecule has 0 radical (unpaired) electrons. The van der Waals surface area contributed by atoms with Crippen molar-refractivity contribution in [1.82, 2.24) is 10.7 Å². The van der Waals surface area contributed by atoms with E-state index >= 15 is 0 Å². The quantitative estimate of drug-likeness (QED) is 0.293. The van der Waals surface area contributed by atoms with Crippen molar-refractivity contribution in [2.75, 3.05) is 19.0 Å². The Labute approximate surface area is 197 Å². The Kier molecular flexibility index (Phi) is 9.68. The van der Waals surface area contributed by atoms with E-state index in [2.05, 4.69) is 21.2 Å². The maximum atomic E-state index is 12.2. The number of anilines is 1. The largest absolute Gasteiger partial charge is 0.493 e. The summed E-state index contributed by atoms with van der Waals surface area (Å²) in [5.74, 6) is -1.25. The molecule has 0 aromatic heterocycles. The summed E-state index contributed by atoms with van der Waals surface area (Å²) in [5.41, 5.74) is 4.23. The van der Waals surface area contributed by atoms with Gasteiger partial charge in [-0.1, -0.05) is 24.6 Å². The number of halogens is 1. The van der Waals surface area contributed by atoms with Crippen molar-refractivity contribution in [1.29, 1.82) is 0 Å². The predicted molar refractivity (Wildman–Crippen MR) is 127 cm³/mol. The van der Waals surface area contributed by atoms with Crippen molar-refractivity contribution >= 4 is 41.2 Å². The minimum absolute atomic E-state index is 0.111. The van der Waals surface area contributed by atoms with Gasteiger partial charge in [-0.05, 0) is 61.7 Å². The predicted octanol–water partition coefficient (Wildman–Crippen LogP) is 3.04. The molecule has 0 fully saturated rings. The van der Waals surface area contributed by atoms with Crippen molar-refractivity contribution in [2.45, 2.75) is 33.2 Å². The van der Waals surface area contributed by atoms with E-state index in [9.17, 15) is 14.4 Å². The molecule has 2 aromatic carbocycles. The molecular weight excluding hydrogens is 448 g/mol. The summed E-state index contributed by atoms with van der Waals surface area (Å²) in [5, 5.41) is 9.59. The minimum Gasteiger partial charge on any atom is -0.493 e. The number of methoxy groups -OCH3 is 1. The maximum Gasteiger partial charge on any atom is 0.329 e. The number of ether oxygens (including phenoxy) is 2. The van der Waals surface area contributed by atoms with Crippen LogP contribution in [0.5, 0.6) is 11.5 Å². The van der Waals surface area contributed by atoms with Gasteiger partial charge < -0.3 is 20.1 Å². The second kappa shape index (κ2) is 12.4. The Morgan fingerprint density at radius 3 is 2.58 bits per heavy atom. The lowest BCUT2D eigenvalue weighted by Crippen LogP contribution is -2.41. The SMILES string of the molecule is CC[C@H](C)NC(=O)C(=O)N/N=C\c1ccc(OCC(=O)Nc2cc(Cl)ccc2C)c(OC)c1. The van der Waals surface area contributed by atoms with Gasteiger partial charge in [-0.15, -0.1) is 0 Å². The number of carbonyl (C=O) groups is 3. The molecule has 176 valence electrons. The maximum absolute atomic E-state index is 12.2. The third-order valence-electron chi connectivity index (χ3n) is 4.60. The van der Waals surface area contributed by atoms with Crippen LogP contribution in [0.4, 0.5) is 5.69 Å². The number of benzene rings is 2. The molecule has 0 aliphatic carbocycles. The first kappa shape index (κ1) is 25.7. The van der Waals surface area contributed by atoms with E-state index in [-0.39, 0.29) is 18.6 Å². The first-order valence-electron chi connectivity index (χ1n) is 10.2. The van der Waals surface area contributed by atoms with Gasteiger partial charge in [0.05, 0.1) is 13.3 Å². The molecule has 0 aliphatic heterocycles. The molecule has 0 saturated carbocycles. The summed E-state index contributed by atoms with van der Waals surface area (Å²) >= 11 is 5.97. The first-order valence-corrected chi connectivity index (χ1v) is 10.6. The number of carbonyl (C=O) groups excluding carboxylic acids is 3. The van der Waals surface area contributed by atoms with Crippen molar-refractivity contribution in [3.63, 3.8) is 0 Å². The molecule has 33 heavy (non-hydrogen) atoms. The number of nitrogens with one attached hydrogen (secondary N) is 3. The van der Waals surface area contributed by atoms with E-state index < -0.39 is 11.8 Å². The number of hydrazone groups is 1. The van der Waals surface area contributed by atoms with Gasteiger partial charge in [-0.2, -0.15) is 5.10 Å². The summed E-state index contributed by atoms with van der Waals surface area (Å²) in [4.78, 5) is 35.7. The highest BCUT2D eigenvalue weighted by Crippen LogP contribution is 2.27. The molecule has 3 amide bonds. The van der Waals surface area contributed by atoms with E-state index in [1.54, 1.807) is 37.3 Å². The fraction of sp³-hybridized carbons (Fsp3) is 0.304. The minimum atomic E-state index is -0.862. The number of amides is 3. The van der Waals surface area contributed by atoms with Gasteiger partial charge >= 0.3 is 11.8 Å². The molecule has 0 unspecified atom stereocenters. The Morgan fingerprint density at radius 1 is 1.12 bits per heavy atom. The third-order valence-corrected chi connectivity index (χ3v) is 4.83. The zero-order chi connectivity index (χ0) is 24.4. The van der Waals surface area contributed by atoms with Crippen LogP contribution in [-0.4, -0.2) is 43.7 Å². The Balaban J connectivity index is 1.94. The van der Waals surface area contributed by atoms with Gasteiger partial charge in [0, 0.05) is 16.8 Å². The smallest absolute Gasteiger partial charge is 0.329 e. The highest BCUT2D eigenvalue weighted by molar-refractivity contribution is 6.35. The molecule has 10 heteroatoms. The van der Waals surface area contributed by atoms with Crippen LogP contribution < -0.4 is 25.5 Å². The fourth-order valence-corrected chi connectivity index (χ4v) is 2.72. The van der Waals surface area contributed by atoms with Crippen molar-refractivity contribution in [3.05, 3.63) is 52.5 Å². The van der Waals surface area contributed by atoms with Crippen LogP contribution in [0.3, 0.4) is 0 Å². The summed E-state index contributed by atoms with van der Waals surface area (Å²) in [7, 11) is 1.46. The fourth-order valence-electron chi connectivity index (χ4n) is 2.55. The molecule has 0 spiro atoms. The lowest BCUT2D eigenvalue weighted by molar-refractivity contribution is -0.139. The van der Waals surface area contributed by atoms with Crippen LogP contribution in [0.2, 0.25) is 5.02 Å².